The summed E-state index contributed by atoms with van der Waals surface area (Å²) in [6, 6.07) is 0.0613. The third-order valence-corrected chi connectivity index (χ3v) is 2.72. The molecule has 1 fully saturated rings. The molecule has 0 aromatic heterocycles. The summed E-state index contributed by atoms with van der Waals surface area (Å²) in [5, 5.41) is 3.09. The zero-order valence-corrected chi connectivity index (χ0v) is 7.61. The van der Waals surface area contributed by atoms with Crippen molar-refractivity contribution in [1.82, 2.24) is 10.0 Å². The Hall–Kier alpha value is -0.130. The third-order valence-electron chi connectivity index (χ3n) is 1.92. The molecule has 0 saturated carbocycles. The first-order chi connectivity index (χ1) is 4.99. The van der Waals surface area contributed by atoms with Crippen LogP contribution in [0.1, 0.15) is 6.92 Å². The topological polar surface area (TPSA) is 58.2 Å². The van der Waals surface area contributed by atoms with Gasteiger partial charge in [0.25, 0.3) is 0 Å². The molecule has 11 heavy (non-hydrogen) atoms. The molecule has 1 rings (SSSR count). The monoisotopic (exact) mass is 178 g/mol. The molecule has 1 heterocycles. The van der Waals surface area contributed by atoms with E-state index in [0.29, 0.717) is 5.92 Å². The maximum Gasteiger partial charge on any atom is 0.208 e. The predicted octanol–water partition coefficient (Wildman–Crippen LogP) is -0.856. The summed E-state index contributed by atoms with van der Waals surface area (Å²) in [6.07, 6.45) is 1.19. The van der Waals surface area contributed by atoms with Crippen molar-refractivity contribution >= 4 is 10.0 Å². The summed E-state index contributed by atoms with van der Waals surface area (Å²) < 4.78 is 24.1. The lowest BCUT2D eigenvalue weighted by Gasteiger charge is -2.32. The zero-order chi connectivity index (χ0) is 8.48. The molecule has 66 valence electrons. The van der Waals surface area contributed by atoms with Crippen LogP contribution in [-0.4, -0.2) is 33.8 Å². The van der Waals surface area contributed by atoms with Gasteiger partial charge >= 0.3 is 0 Å². The summed E-state index contributed by atoms with van der Waals surface area (Å²) in [5.74, 6) is 0.463. The molecule has 0 aromatic rings. The van der Waals surface area contributed by atoms with E-state index in [0.717, 1.165) is 13.1 Å². The van der Waals surface area contributed by atoms with Gasteiger partial charge in [-0.05, 0) is 12.8 Å². The van der Waals surface area contributed by atoms with Crippen molar-refractivity contribution in [2.45, 2.75) is 13.0 Å². The highest BCUT2D eigenvalue weighted by Crippen LogP contribution is 2.08. The lowest BCUT2D eigenvalue weighted by Crippen LogP contribution is -2.53. The molecule has 4 nitrogen and oxygen atoms in total. The molecule has 1 saturated heterocycles. The minimum Gasteiger partial charge on any atom is -0.316 e. The number of rotatable bonds is 3. The van der Waals surface area contributed by atoms with Gasteiger partial charge in [0.15, 0.2) is 0 Å². The van der Waals surface area contributed by atoms with Crippen LogP contribution >= 0.6 is 0 Å². The summed E-state index contributed by atoms with van der Waals surface area (Å²) in [6.45, 7) is 3.74. The van der Waals surface area contributed by atoms with Crippen LogP contribution in [-0.2, 0) is 10.0 Å². The summed E-state index contributed by atoms with van der Waals surface area (Å²) >= 11 is 0. The zero-order valence-electron chi connectivity index (χ0n) is 6.79. The van der Waals surface area contributed by atoms with Crippen molar-refractivity contribution < 1.29 is 8.42 Å². The van der Waals surface area contributed by atoms with Crippen LogP contribution in [0.5, 0.6) is 0 Å². The first-order valence-electron chi connectivity index (χ1n) is 3.67. The molecule has 1 unspecified atom stereocenters. The van der Waals surface area contributed by atoms with Crippen molar-refractivity contribution in [3.8, 4) is 0 Å². The van der Waals surface area contributed by atoms with E-state index in [9.17, 15) is 8.42 Å². The smallest absolute Gasteiger partial charge is 0.208 e. The van der Waals surface area contributed by atoms with Gasteiger partial charge in [-0.15, -0.1) is 0 Å². The second-order valence-electron chi connectivity index (χ2n) is 3.10. The maximum atomic E-state index is 10.8. The van der Waals surface area contributed by atoms with Crippen molar-refractivity contribution in [3.63, 3.8) is 0 Å². The second kappa shape index (κ2) is 3.08. The Morgan fingerprint density at radius 3 is 2.36 bits per heavy atom. The van der Waals surface area contributed by atoms with Crippen molar-refractivity contribution in [2.75, 3.05) is 19.3 Å². The van der Waals surface area contributed by atoms with Gasteiger partial charge in [0.05, 0.1) is 6.26 Å². The Bertz CT molecular complexity index is 221. The second-order valence-corrected chi connectivity index (χ2v) is 4.88. The minimum absolute atomic E-state index is 0.0613. The number of sulfonamides is 1. The molecule has 0 aromatic carbocycles. The van der Waals surface area contributed by atoms with Crippen molar-refractivity contribution in [3.05, 3.63) is 0 Å². The van der Waals surface area contributed by atoms with Crippen LogP contribution in [0.15, 0.2) is 0 Å². The molecule has 1 aliphatic rings. The SMILES string of the molecule is CC(NS(C)(=O)=O)C1CNC1. The minimum atomic E-state index is -3.02. The van der Waals surface area contributed by atoms with Gasteiger partial charge in [-0.1, -0.05) is 0 Å². The van der Waals surface area contributed by atoms with E-state index >= 15 is 0 Å². The number of hydrogen-bond acceptors (Lipinski definition) is 3. The predicted molar refractivity (Wildman–Crippen MR) is 43.8 cm³/mol. The number of nitrogens with one attached hydrogen (secondary N) is 2. The fourth-order valence-corrected chi connectivity index (χ4v) is 1.97. The number of hydrogen-bond donors (Lipinski definition) is 2. The first-order valence-corrected chi connectivity index (χ1v) is 5.56. The van der Waals surface area contributed by atoms with Gasteiger partial charge < -0.3 is 5.32 Å². The lowest BCUT2D eigenvalue weighted by atomic mass is 9.96. The van der Waals surface area contributed by atoms with Crippen LogP contribution < -0.4 is 10.0 Å². The Balaban J connectivity index is 2.36. The normalized spacial score (nSPS) is 22.7. The van der Waals surface area contributed by atoms with E-state index < -0.39 is 10.0 Å². The van der Waals surface area contributed by atoms with Gasteiger partial charge in [0.1, 0.15) is 0 Å². The van der Waals surface area contributed by atoms with Gasteiger partial charge in [0.2, 0.25) is 10.0 Å². The Kier molecular flexibility index (Phi) is 2.51. The highest BCUT2D eigenvalue weighted by atomic mass is 32.2. The van der Waals surface area contributed by atoms with E-state index in [1.807, 2.05) is 6.92 Å². The van der Waals surface area contributed by atoms with E-state index in [-0.39, 0.29) is 6.04 Å². The molecular weight excluding hydrogens is 164 g/mol. The van der Waals surface area contributed by atoms with Gasteiger partial charge in [0, 0.05) is 19.1 Å². The molecule has 5 heteroatoms. The van der Waals surface area contributed by atoms with Crippen LogP contribution in [0.3, 0.4) is 0 Å². The molecule has 0 bridgehead atoms. The van der Waals surface area contributed by atoms with Gasteiger partial charge in [-0.2, -0.15) is 0 Å². The fourth-order valence-electron chi connectivity index (χ4n) is 1.10. The third kappa shape index (κ3) is 2.76. The molecule has 1 aliphatic heterocycles. The average molecular weight is 178 g/mol. The van der Waals surface area contributed by atoms with Crippen LogP contribution in [0.25, 0.3) is 0 Å². The van der Waals surface area contributed by atoms with Crippen LogP contribution in [0.4, 0.5) is 0 Å². The Labute approximate surface area is 67.4 Å². The van der Waals surface area contributed by atoms with E-state index in [1.54, 1.807) is 0 Å². The van der Waals surface area contributed by atoms with Crippen molar-refractivity contribution in [1.29, 1.82) is 0 Å². The van der Waals surface area contributed by atoms with Gasteiger partial charge in [-0.25, -0.2) is 13.1 Å². The van der Waals surface area contributed by atoms with Gasteiger partial charge in [-0.3, -0.25) is 0 Å². The standard InChI is InChI=1S/C6H14N2O2S/c1-5(6-3-7-4-6)8-11(2,9)10/h5-8H,3-4H2,1-2H3. The largest absolute Gasteiger partial charge is 0.316 e. The highest BCUT2D eigenvalue weighted by Gasteiger charge is 2.25. The average Bonchev–Trinajstić information content (AvgIpc) is 1.50. The molecule has 1 atom stereocenters. The van der Waals surface area contributed by atoms with Crippen molar-refractivity contribution in [2.24, 2.45) is 5.92 Å². The van der Waals surface area contributed by atoms with Crippen LogP contribution in [0.2, 0.25) is 0 Å². The van der Waals surface area contributed by atoms with E-state index in [1.165, 1.54) is 6.26 Å². The molecular formula is C6H14N2O2S. The van der Waals surface area contributed by atoms with E-state index in [2.05, 4.69) is 10.0 Å². The summed E-state index contributed by atoms with van der Waals surface area (Å²) in [7, 11) is -3.02. The molecule has 0 radical (unpaired) electrons. The summed E-state index contributed by atoms with van der Waals surface area (Å²) in [5.41, 5.74) is 0. The molecule has 0 aliphatic carbocycles. The quantitative estimate of drug-likeness (QED) is 0.591. The van der Waals surface area contributed by atoms with Crippen LogP contribution in [0, 0.1) is 5.92 Å². The highest BCUT2D eigenvalue weighted by molar-refractivity contribution is 7.88. The molecule has 0 spiro atoms. The molecule has 0 amide bonds. The summed E-state index contributed by atoms with van der Waals surface area (Å²) in [4.78, 5) is 0. The van der Waals surface area contributed by atoms with E-state index in [4.69, 9.17) is 0 Å². The lowest BCUT2D eigenvalue weighted by molar-refractivity contribution is 0.290. The first kappa shape index (κ1) is 8.96. The Morgan fingerprint density at radius 1 is 1.55 bits per heavy atom. The molecule has 2 N–H and O–H groups in total. The fraction of sp³-hybridized carbons (Fsp3) is 1.00. The maximum absolute atomic E-state index is 10.8. The Morgan fingerprint density at radius 2 is 2.09 bits per heavy atom.